The van der Waals surface area contributed by atoms with Gasteiger partial charge in [-0.05, 0) is 61.2 Å². The summed E-state index contributed by atoms with van der Waals surface area (Å²) in [4.78, 5) is 26.9. The Kier molecular flexibility index (Phi) is 8.59. The van der Waals surface area contributed by atoms with Crippen LogP contribution in [0.3, 0.4) is 0 Å². The number of carbonyl (C=O) groups excluding carboxylic acids is 2. The van der Waals surface area contributed by atoms with Crippen LogP contribution in [0.25, 0.3) is 0 Å². The zero-order valence-electron chi connectivity index (χ0n) is 18.9. The van der Waals surface area contributed by atoms with Gasteiger partial charge in [0, 0.05) is 17.8 Å². The predicted octanol–water partition coefficient (Wildman–Crippen LogP) is 6.77. The molecule has 0 spiro atoms. The molecule has 1 saturated heterocycles. The van der Waals surface area contributed by atoms with E-state index in [9.17, 15) is 9.59 Å². The number of nitrogens with zero attached hydrogens (tertiary/aromatic N) is 1. The van der Waals surface area contributed by atoms with E-state index < -0.39 is 0 Å². The highest BCUT2D eigenvalue weighted by molar-refractivity contribution is 8.00. The molecular formula is C26H34N2O2S. The van der Waals surface area contributed by atoms with Gasteiger partial charge in [-0.15, -0.1) is 11.8 Å². The lowest BCUT2D eigenvalue weighted by Crippen LogP contribution is -2.28. The van der Waals surface area contributed by atoms with Crippen LogP contribution in [0, 0.1) is 13.8 Å². The Morgan fingerprint density at radius 2 is 1.74 bits per heavy atom. The normalized spacial score (nSPS) is 16.0. The molecule has 31 heavy (non-hydrogen) atoms. The molecule has 166 valence electrons. The number of benzene rings is 2. The fraction of sp³-hybridized carbons (Fsp3) is 0.462. The van der Waals surface area contributed by atoms with Gasteiger partial charge in [-0.25, -0.2) is 0 Å². The second kappa shape index (κ2) is 11.4. The van der Waals surface area contributed by atoms with E-state index in [1.807, 2.05) is 29.2 Å². The molecule has 0 saturated carbocycles. The fourth-order valence-corrected chi connectivity index (χ4v) is 5.27. The number of thioether (sulfide) groups is 1. The highest BCUT2D eigenvalue weighted by Gasteiger charge is 2.34. The van der Waals surface area contributed by atoms with Crippen molar-refractivity contribution in [1.82, 2.24) is 0 Å². The number of hydrogen-bond acceptors (Lipinski definition) is 3. The van der Waals surface area contributed by atoms with Crippen molar-refractivity contribution in [1.29, 1.82) is 0 Å². The molecule has 5 heteroatoms. The lowest BCUT2D eigenvalue weighted by Gasteiger charge is -2.25. The molecule has 1 N–H and O–H groups in total. The molecule has 1 aliphatic heterocycles. The second-order valence-corrected chi connectivity index (χ2v) is 9.53. The van der Waals surface area contributed by atoms with Gasteiger partial charge in [0.15, 0.2) is 0 Å². The number of amides is 2. The summed E-state index contributed by atoms with van der Waals surface area (Å²) in [6.07, 6.45) is 7.58. The van der Waals surface area contributed by atoms with E-state index in [1.54, 1.807) is 11.8 Å². The van der Waals surface area contributed by atoms with Crippen LogP contribution in [-0.4, -0.2) is 17.6 Å². The summed E-state index contributed by atoms with van der Waals surface area (Å²) in [6, 6.07) is 14.2. The molecule has 1 heterocycles. The van der Waals surface area contributed by atoms with Crippen LogP contribution >= 0.6 is 11.8 Å². The van der Waals surface area contributed by atoms with Crippen LogP contribution in [-0.2, 0) is 9.59 Å². The Hall–Kier alpha value is -2.27. The molecule has 4 nitrogen and oxygen atoms in total. The average Bonchev–Trinajstić information content (AvgIpc) is 3.11. The SMILES string of the molecule is CCCCCCCCC(=O)Nc1cccc([C@@H]2SCC(=O)N2c2cc(C)cc(C)c2)c1. The number of anilines is 2. The summed E-state index contributed by atoms with van der Waals surface area (Å²) >= 11 is 1.63. The van der Waals surface area contributed by atoms with E-state index in [4.69, 9.17) is 0 Å². The molecule has 1 aliphatic rings. The van der Waals surface area contributed by atoms with Gasteiger partial charge in [0.05, 0.1) is 5.75 Å². The quantitative estimate of drug-likeness (QED) is 0.416. The Morgan fingerprint density at radius 3 is 2.48 bits per heavy atom. The molecule has 0 unspecified atom stereocenters. The van der Waals surface area contributed by atoms with Crippen LogP contribution in [0.1, 0.15) is 73.9 Å². The zero-order chi connectivity index (χ0) is 22.2. The summed E-state index contributed by atoms with van der Waals surface area (Å²) < 4.78 is 0. The third-order valence-electron chi connectivity index (χ3n) is 5.57. The molecule has 0 radical (unpaired) electrons. The molecular weight excluding hydrogens is 404 g/mol. The maximum absolute atomic E-state index is 12.7. The number of carbonyl (C=O) groups is 2. The Balaban J connectivity index is 1.64. The van der Waals surface area contributed by atoms with Gasteiger partial charge in [0.1, 0.15) is 5.37 Å². The first-order valence-corrected chi connectivity index (χ1v) is 12.4. The van der Waals surface area contributed by atoms with Gasteiger partial charge < -0.3 is 5.32 Å². The van der Waals surface area contributed by atoms with Crippen molar-refractivity contribution in [3.63, 3.8) is 0 Å². The maximum atomic E-state index is 12.7. The minimum Gasteiger partial charge on any atom is -0.326 e. The molecule has 0 aromatic heterocycles. The summed E-state index contributed by atoms with van der Waals surface area (Å²) in [6.45, 7) is 6.32. The van der Waals surface area contributed by atoms with Crippen molar-refractivity contribution in [3.8, 4) is 0 Å². The first-order valence-electron chi connectivity index (χ1n) is 11.4. The van der Waals surface area contributed by atoms with Crippen molar-refractivity contribution in [2.45, 2.75) is 71.1 Å². The predicted molar refractivity (Wildman–Crippen MR) is 132 cm³/mol. The number of rotatable bonds is 10. The summed E-state index contributed by atoms with van der Waals surface area (Å²) in [5.74, 6) is 0.651. The molecule has 2 amide bonds. The minimum absolute atomic E-state index is 0.0638. The molecule has 1 fully saturated rings. The van der Waals surface area contributed by atoms with Crippen LogP contribution in [0.5, 0.6) is 0 Å². The zero-order valence-corrected chi connectivity index (χ0v) is 19.8. The van der Waals surface area contributed by atoms with E-state index >= 15 is 0 Å². The van der Waals surface area contributed by atoms with E-state index in [1.165, 1.54) is 25.7 Å². The van der Waals surface area contributed by atoms with E-state index in [0.717, 1.165) is 40.9 Å². The van der Waals surface area contributed by atoms with Gasteiger partial charge >= 0.3 is 0 Å². The first kappa shape index (κ1) is 23.4. The summed E-state index contributed by atoms with van der Waals surface area (Å²) in [5.41, 5.74) is 5.07. The van der Waals surface area contributed by atoms with Gasteiger partial charge in [-0.1, -0.05) is 57.2 Å². The molecule has 2 aromatic rings. The van der Waals surface area contributed by atoms with Gasteiger partial charge in [-0.2, -0.15) is 0 Å². The summed E-state index contributed by atoms with van der Waals surface area (Å²) in [5, 5.41) is 2.96. The maximum Gasteiger partial charge on any atom is 0.238 e. The number of aryl methyl sites for hydroxylation is 2. The Labute approximate surface area is 190 Å². The van der Waals surface area contributed by atoms with Gasteiger partial charge in [0.25, 0.3) is 0 Å². The van der Waals surface area contributed by atoms with Gasteiger partial charge in [-0.3, -0.25) is 14.5 Å². The highest BCUT2D eigenvalue weighted by atomic mass is 32.2. The van der Waals surface area contributed by atoms with E-state index in [0.29, 0.717) is 12.2 Å². The van der Waals surface area contributed by atoms with Gasteiger partial charge in [0.2, 0.25) is 11.8 Å². The Bertz CT molecular complexity index is 892. The van der Waals surface area contributed by atoms with Crippen molar-refractivity contribution in [2.24, 2.45) is 0 Å². The average molecular weight is 439 g/mol. The topological polar surface area (TPSA) is 49.4 Å². The monoisotopic (exact) mass is 438 g/mol. The van der Waals surface area contributed by atoms with Crippen molar-refractivity contribution < 1.29 is 9.59 Å². The van der Waals surface area contributed by atoms with Crippen LogP contribution in [0.15, 0.2) is 42.5 Å². The smallest absolute Gasteiger partial charge is 0.238 e. The number of unbranched alkanes of at least 4 members (excludes halogenated alkanes) is 5. The third kappa shape index (κ3) is 6.60. The van der Waals surface area contributed by atoms with Crippen LogP contribution in [0.2, 0.25) is 0 Å². The molecule has 0 aliphatic carbocycles. The van der Waals surface area contributed by atoms with Crippen molar-refractivity contribution >= 4 is 35.0 Å². The first-order chi connectivity index (χ1) is 15.0. The standard InChI is InChI=1S/C26H34N2O2S/c1-4-5-6-7-8-9-13-24(29)27-22-12-10-11-21(17-22)26-28(25(30)18-31-26)23-15-19(2)14-20(3)16-23/h10-12,14-17,26H,4-9,13,18H2,1-3H3,(H,27,29)/t26-/m0/s1. The largest absolute Gasteiger partial charge is 0.326 e. The minimum atomic E-state index is -0.0795. The second-order valence-electron chi connectivity index (χ2n) is 8.46. The molecule has 0 bridgehead atoms. The number of nitrogens with one attached hydrogen (secondary N) is 1. The molecule has 1 atom stereocenters. The number of hydrogen-bond donors (Lipinski definition) is 1. The van der Waals surface area contributed by atoms with Crippen molar-refractivity contribution in [2.75, 3.05) is 16.0 Å². The summed E-state index contributed by atoms with van der Waals surface area (Å²) in [7, 11) is 0. The highest BCUT2D eigenvalue weighted by Crippen LogP contribution is 2.42. The fourth-order valence-electron chi connectivity index (χ4n) is 4.10. The lowest BCUT2D eigenvalue weighted by molar-refractivity contribution is -0.117. The molecule has 2 aromatic carbocycles. The Morgan fingerprint density at radius 1 is 1.03 bits per heavy atom. The third-order valence-corrected chi connectivity index (χ3v) is 6.78. The van der Waals surface area contributed by atoms with Crippen LogP contribution < -0.4 is 10.2 Å². The van der Waals surface area contributed by atoms with Crippen molar-refractivity contribution in [3.05, 3.63) is 59.2 Å². The molecule has 3 rings (SSSR count). The lowest BCUT2D eigenvalue weighted by atomic mass is 10.1. The van der Waals surface area contributed by atoms with E-state index in [-0.39, 0.29) is 17.2 Å². The van der Waals surface area contributed by atoms with Crippen LogP contribution in [0.4, 0.5) is 11.4 Å². The van der Waals surface area contributed by atoms with E-state index in [2.05, 4.69) is 44.3 Å².